The second-order valence-corrected chi connectivity index (χ2v) is 10.7. The van der Waals surface area contributed by atoms with Gasteiger partial charge in [0.05, 0.1) is 28.9 Å². The fourth-order valence-electron chi connectivity index (χ4n) is 4.66. The maximum Gasteiger partial charge on any atom is 0.410 e. The normalized spacial score (nSPS) is 14.9. The summed E-state index contributed by atoms with van der Waals surface area (Å²) in [6.07, 6.45) is 1.74. The van der Waals surface area contributed by atoms with E-state index in [-0.39, 0.29) is 30.4 Å². The number of pyridine rings is 1. The number of anilines is 1. The number of benzene rings is 2. The molecule has 2 aromatic carbocycles. The Labute approximate surface area is 234 Å². The van der Waals surface area contributed by atoms with Gasteiger partial charge in [0.25, 0.3) is 5.91 Å². The fraction of sp³-hybridized carbons (Fsp3) is 0.355. The molecule has 0 radical (unpaired) electrons. The van der Waals surface area contributed by atoms with Gasteiger partial charge in [-0.3, -0.25) is 4.79 Å². The van der Waals surface area contributed by atoms with Crippen LogP contribution in [0.4, 0.5) is 15.0 Å². The van der Waals surface area contributed by atoms with Gasteiger partial charge in [0.15, 0.2) is 0 Å². The molecule has 1 aromatic heterocycles. The lowest BCUT2D eigenvalue weighted by Gasteiger charge is -2.28. The third-order valence-electron chi connectivity index (χ3n) is 6.56. The van der Waals surface area contributed by atoms with E-state index in [0.29, 0.717) is 47.7 Å². The molecule has 1 aliphatic heterocycles. The summed E-state index contributed by atoms with van der Waals surface area (Å²) in [6.45, 7) is 6.75. The lowest BCUT2D eigenvalue weighted by Crippen LogP contribution is -2.45. The van der Waals surface area contributed by atoms with Crippen molar-refractivity contribution < 1.29 is 18.7 Å². The van der Waals surface area contributed by atoms with Crippen LogP contribution in [0.1, 0.15) is 55.1 Å². The van der Waals surface area contributed by atoms with Gasteiger partial charge in [-0.2, -0.15) is 5.26 Å². The second-order valence-electron chi connectivity index (χ2n) is 10.7. The van der Waals surface area contributed by atoms with Crippen molar-refractivity contribution in [1.29, 1.82) is 5.26 Å². The first-order valence-corrected chi connectivity index (χ1v) is 13.4. The van der Waals surface area contributed by atoms with E-state index in [1.165, 1.54) is 12.1 Å². The largest absolute Gasteiger partial charge is 0.444 e. The number of carbonyl (C=O) groups is 2. The summed E-state index contributed by atoms with van der Waals surface area (Å²) in [7, 11) is 0. The molecule has 0 bridgehead atoms. The van der Waals surface area contributed by atoms with Crippen molar-refractivity contribution in [3.05, 3.63) is 83.2 Å². The van der Waals surface area contributed by atoms with Crippen LogP contribution in [0.5, 0.6) is 0 Å². The van der Waals surface area contributed by atoms with E-state index in [9.17, 15) is 19.2 Å². The molecule has 2 N–H and O–H groups in total. The van der Waals surface area contributed by atoms with Crippen LogP contribution in [-0.4, -0.2) is 53.2 Å². The topological polar surface area (TPSA) is 107 Å². The maximum absolute atomic E-state index is 13.6. The van der Waals surface area contributed by atoms with E-state index in [0.717, 1.165) is 18.4 Å². The van der Waals surface area contributed by atoms with Crippen molar-refractivity contribution >= 4 is 17.8 Å². The Hall–Kier alpha value is -4.45. The maximum atomic E-state index is 13.6. The lowest BCUT2D eigenvalue weighted by atomic mass is 10.0. The summed E-state index contributed by atoms with van der Waals surface area (Å²) in [6, 6.07) is 18.9. The Kier molecular flexibility index (Phi) is 9.00. The molecular weight excluding hydrogens is 509 g/mol. The molecule has 0 unspecified atom stereocenters. The number of nitrogens with zero attached hydrogens (tertiary/aromatic N) is 3. The Balaban J connectivity index is 1.52. The van der Waals surface area contributed by atoms with E-state index in [2.05, 4.69) is 16.7 Å². The Morgan fingerprint density at radius 1 is 1.15 bits per heavy atom. The van der Waals surface area contributed by atoms with E-state index < -0.39 is 5.60 Å². The number of hydrogen-bond donors (Lipinski definition) is 2. The van der Waals surface area contributed by atoms with Gasteiger partial charge in [0.1, 0.15) is 17.2 Å². The Morgan fingerprint density at radius 2 is 1.95 bits per heavy atom. The summed E-state index contributed by atoms with van der Waals surface area (Å²) < 4.78 is 19.2. The highest BCUT2D eigenvalue weighted by Crippen LogP contribution is 2.26. The zero-order valence-electron chi connectivity index (χ0n) is 23.0. The van der Waals surface area contributed by atoms with Gasteiger partial charge in [-0.25, -0.2) is 14.2 Å². The summed E-state index contributed by atoms with van der Waals surface area (Å²) in [5, 5.41) is 15.7. The zero-order chi connectivity index (χ0) is 28.7. The standard InChI is InChI=1S/C31H34FN5O3/c1-31(2,3)40-30(39)37-17-7-11-24(37)20-35-29(38)26-13-14-27(25-12-5-4-9-22(25)19-33)36-28(26)34-16-15-21-8-6-10-23(32)18-21/h4-6,8-10,12-14,18,24H,7,11,15-17,20H2,1-3H3,(H,34,36)(H,35,38)/t24-/m1/s1. The minimum absolute atomic E-state index is 0.169. The number of rotatable bonds is 8. The molecule has 1 saturated heterocycles. The van der Waals surface area contributed by atoms with Crippen LogP contribution in [0, 0.1) is 17.1 Å². The van der Waals surface area contributed by atoms with Crippen LogP contribution in [0.25, 0.3) is 11.3 Å². The molecule has 8 nitrogen and oxygen atoms in total. The summed E-state index contributed by atoms with van der Waals surface area (Å²) in [5.74, 6) is -0.287. The third-order valence-corrected chi connectivity index (χ3v) is 6.56. The molecule has 208 valence electrons. The number of ether oxygens (including phenoxy) is 1. The highest BCUT2D eigenvalue weighted by Gasteiger charge is 2.32. The van der Waals surface area contributed by atoms with Crippen molar-refractivity contribution in [3.8, 4) is 17.3 Å². The Morgan fingerprint density at radius 3 is 2.70 bits per heavy atom. The molecule has 2 amide bonds. The van der Waals surface area contributed by atoms with Crippen LogP contribution in [0.2, 0.25) is 0 Å². The van der Waals surface area contributed by atoms with Gasteiger partial charge in [-0.05, 0) is 75.9 Å². The monoisotopic (exact) mass is 543 g/mol. The molecule has 4 rings (SSSR count). The van der Waals surface area contributed by atoms with E-state index in [1.807, 2.05) is 39.0 Å². The average Bonchev–Trinajstić information content (AvgIpc) is 3.40. The molecule has 3 aromatic rings. The van der Waals surface area contributed by atoms with E-state index in [4.69, 9.17) is 9.72 Å². The minimum Gasteiger partial charge on any atom is -0.444 e. The first-order chi connectivity index (χ1) is 19.1. The van der Waals surface area contributed by atoms with Crippen molar-refractivity contribution in [2.75, 3.05) is 25.0 Å². The van der Waals surface area contributed by atoms with Gasteiger partial charge in [0, 0.05) is 25.2 Å². The SMILES string of the molecule is CC(C)(C)OC(=O)N1CCC[C@@H]1CNC(=O)c1ccc(-c2ccccc2C#N)nc1NCCc1cccc(F)c1. The predicted octanol–water partition coefficient (Wildman–Crippen LogP) is 5.54. The number of amides is 2. The number of nitrogens with one attached hydrogen (secondary N) is 2. The quantitative estimate of drug-likeness (QED) is 0.386. The number of halogens is 1. The van der Waals surface area contributed by atoms with Crippen molar-refractivity contribution in [2.45, 2.75) is 51.7 Å². The van der Waals surface area contributed by atoms with Gasteiger partial charge < -0.3 is 20.3 Å². The predicted molar refractivity (Wildman–Crippen MR) is 151 cm³/mol. The molecule has 0 spiro atoms. The molecule has 2 heterocycles. The van der Waals surface area contributed by atoms with Gasteiger partial charge in [-0.1, -0.05) is 30.3 Å². The molecule has 9 heteroatoms. The van der Waals surface area contributed by atoms with E-state index in [1.54, 1.807) is 35.2 Å². The van der Waals surface area contributed by atoms with Crippen LogP contribution in [0.15, 0.2) is 60.7 Å². The molecule has 0 aliphatic carbocycles. The molecule has 0 saturated carbocycles. The molecular formula is C31H34FN5O3. The number of nitriles is 1. The van der Waals surface area contributed by atoms with Crippen LogP contribution < -0.4 is 10.6 Å². The minimum atomic E-state index is -0.600. The highest BCUT2D eigenvalue weighted by molar-refractivity contribution is 5.99. The first-order valence-electron chi connectivity index (χ1n) is 13.4. The summed E-state index contributed by atoms with van der Waals surface area (Å²) >= 11 is 0. The molecule has 40 heavy (non-hydrogen) atoms. The highest BCUT2D eigenvalue weighted by atomic mass is 19.1. The molecule has 1 fully saturated rings. The van der Waals surface area contributed by atoms with Crippen molar-refractivity contribution in [3.63, 3.8) is 0 Å². The van der Waals surface area contributed by atoms with E-state index >= 15 is 0 Å². The summed E-state index contributed by atoms with van der Waals surface area (Å²) in [5.41, 5.74) is 2.23. The van der Waals surface area contributed by atoms with Gasteiger partial charge in [-0.15, -0.1) is 0 Å². The fourth-order valence-corrected chi connectivity index (χ4v) is 4.66. The lowest BCUT2D eigenvalue weighted by molar-refractivity contribution is 0.0225. The summed E-state index contributed by atoms with van der Waals surface area (Å²) in [4.78, 5) is 32.4. The zero-order valence-corrected chi connectivity index (χ0v) is 23.0. The second kappa shape index (κ2) is 12.6. The van der Waals surface area contributed by atoms with Crippen molar-refractivity contribution in [1.82, 2.24) is 15.2 Å². The number of carbonyl (C=O) groups excluding carboxylic acids is 2. The molecule has 1 atom stereocenters. The Bertz CT molecular complexity index is 1410. The third kappa shape index (κ3) is 7.35. The number of likely N-dealkylation sites (tertiary alicyclic amines) is 1. The number of hydrogen-bond acceptors (Lipinski definition) is 6. The van der Waals surface area contributed by atoms with Crippen LogP contribution in [-0.2, 0) is 11.2 Å². The van der Waals surface area contributed by atoms with Crippen molar-refractivity contribution in [2.24, 2.45) is 0 Å². The average molecular weight is 544 g/mol. The smallest absolute Gasteiger partial charge is 0.410 e. The first kappa shape index (κ1) is 28.6. The molecule has 1 aliphatic rings. The number of aromatic nitrogens is 1. The van der Waals surface area contributed by atoms with Crippen LogP contribution in [0.3, 0.4) is 0 Å². The van der Waals surface area contributed by atoms with Crippen LogP contribution >= 0.6 is 0 Å². The van der Waals surface area contributed by atoms with Gasteiger partial charge >= 0.3 is 6.09 Å². The van der Waals surface area contributed by atoms with Gasteiger partial charge in [0.2, 0.25) is 0 Å².